The molecule has 1 fully saturated rings. The third kappa shape index (κ3) is 3.14. The Bertz CT molecular complexity index is 850. The summed E-state index contributed by atoms with van der Waals surface area (Å²) in [6.45, 7) is 3.75. The number of nitrogens with two attached hydrogens (primary N) is 1. The van der Waals surface area contributed by atoms with Gasteiger partial charge in [-0.3, -0.25) is 4.79 Å². The van der Waals surface area contributed by atoms with Crippen LogP contribution in [0.15, 0.2) is 52.4 Å². The van der Waals surface area contributed by atoms with Gasteiger partial charge in [0.15, 0.2) is 5.17 Å². The number of benzene rings is 2. The van der Waals surface area contributed by atoms with Gasteiger partial charge in [0.25, 0.3) is 5.91 Å². The van der Waals surface area contributed by atoms with Crippen molar-refractivity contribution in [3.63, 3.8) is 0 Å². The highest BCUT2D eigenvalue weighted by Gasteiger charge is 2.26. The second-order valence-electron chi connectivity index (χ2n) is 5.49. The van der Waals surface area contributed by atoms with Gasteiger partial charge in [-0.25, -0.2) is 4.99 Å². The van der Waals surface area contributed by atoms with Crippen LogP contribution in [0, 0.1) is 6.92 Å². The molecule has 0 bridgehead atoms. The molecule has 0 atom stereocenters. The molecule has 3 rings (SSSR count). The zero-order valence-corrected chi connectivity index (χ0v) is 14.1. The lowest BCUT2D eigenvalue weighted by Crippen LogP contribution is -2.19. The predicted octanol–water partition coefficient (Wildman–Crippen LogP) is 3.56. The fourth-order valence-corrected chi connectivity index (χ4v) is 3.26. The minimum Gasteiger partial charge on any atom is -0.506 e. The molecule has 1 aliphatic rings. The van der Waals surface area contributed by atoms with E-state index in [1.165, 1.54) is 11.8 Å². The van der Waals surface area contributed by atoms with Crippen molar-refractivity contribution < 1.29 is 9.90 Å². The van der Waals surface area contributed by atoms with Crippen LogP contribution in [0.3, 0.4) is 0 Å². The number of carbonyl (C=O) groups is 1. The van der Waals surface area contributed by atoms with Crippen LogP contribution in [0.2, 0.25) is 0 Å². The number of nitrogen functional groups attached to an aromatic ring is 1. The summed E-state index contributed by atoms with van der Waals surface area (Å²) >= 11 is 1.26. The van der Waals surface area contributed by atoms with E-state index in [-0.39, 0.29) is 11.7 Å². The average molecular weight is 339 g/mol. The molecule has 0 unspecified atom stereocenters. The minimum absolute atomic E-state index is 0.0880. The lowest BCUT2D eigenvalue weighted by atomic mass is 10.1. The van der Waals surface area contributed by atoms with E-state index in [1.54, 1.807) is 24.3 Å². The number of aliphatic imine (C=N–C) groups is 1. The molecule has 6 heteroatoms. The van der Waals surface area contributed by atoms with Crippen molar-refractivity contribution in [2.45, 2.75) is 13.8 Å². The summed E-state index contributed by atoms with van der Waals surface area (Å²) in [6.07, 6.45) is 0. The first-order valence-electron chi connectivity index (χ1n) is 7.39. The normalized spacial score (nSPS) is 17.9. The van der Waals surface area contributed by atoms with E-state index in [0.717, 1.165) is 16.7 Å². The predicted molar refractivity (Wildman–Crippen MR) is 99.1 cm³/mol. The first-order chi connectivity index (χ1) is 11.5. The molecule has 4 N–H and O–H groups in total. The van der Waals surface area contributed by atoms with E-state index in [1.807, 2.05) is 32.0 Å². The van der Waals surface area contributed by atoms with Gasteiger partial charge in [0.2, 0.25) is 0 Å². The number of hydrogen-bond donors (Lipinski definition) is 3. The third-order valence-electron chi connectivity index (χ3n) is 3.74. The van der Waals surface area contributed by atoms with Gasteiger partial charge in [-0.2, -0.15) is 0 Å². The molecule has 5 nitrogen and oxygen atoms in total. The lowest BCUT2D eigenvalue weighted by Gasteiger charge is -2.04. The number of phenols is 1. The minimum atomic E-state index is -0.193. The second-order valence-corrected chi connectivity index (χ2v) is 6.49. The number of aromatic hydroxyl groups is 1. The number of hydrogen-bond acceptors (Lipinski definition) is 5. The average Bonchev–Trinajstić information content (AvgIpc) is 2.92. The van der Waals surface area contributed by atoms with Gasteiger partial charge in [0, 0.05) is 5.69 Å². The number of anilines is 1. The van der Waals surface area contributed by atoms with Crippen LogP contribution in [0.5, 0.6) is 5.75 Å². The monoisotopic (exact) mass is 339 g/mol. The van der Waals surface area contributed by atoms with Crippen molar-refractivity contribution in [2.75, 3.05) is 5.73 Å². The van der Waals surface area contributed by atoms with Gasteiger partial charge in [-0.15, -0.1) is 0 Å². The molecule has 2 aromatic carbocycles. The van der Waals surface area contributed by atoms with Crippen LogP contribution >= 0.6 is 11.8 Å². The quantitative estimate of drug-likeness (QED) is 0.576. The van der Waals surface area contributed by atoms with Crippen LogP contribution in [0.4, 0.5) is 11.4 Å². The Hall–Kier alpha value is -2.73. The molecule has 1 amide bonds. The molecule has 1 saturated heterocycles. The van der Waals surface area contributed by atoms with Crippen molar-refractivity contribution in [1.29, 1.82) is 0 Å². The number of amidine groups is 1. The molecule has 1 heterocycles. The summed E-state index contributed by atoms with van der Waals surface area (Å²) in [6, 6.07) is 12.6. The highest BCUT2D eigenvalue weighted by atomic mass is 32.2. The third-order valence-corrected chi connectivity index (χ3v) is 4.82. The molecule has 122 valence electrons. The first kappa shape index (κ1) is 16.1. The highest BCUT2D eigenvalue weighted by Crippen LogP contribution is 2.35. The number of amides is 1. The number of carbonyl (C=O) groups excluding carboxylic acids is 1. The SMILES string of the molecule is C/C(=C1/SC(=Nc2c(C)cccc2O)NC1=O)c1ccc(N)cc1. The van der Waals surface area contributed by atoms with Crippen LogP contribution in [-0.2, 0) is 4.79 Å². The van der Waals surface area contributed by atoms with Gasteiger partial charge in [-0.1, -0.05) is 24.3 Å². The zero-order chi connectivity index (χ0) is 17.3. The first-order valence-corrected chi connectivity index (χ1v) is 8.20. The molecular formula is C18H17N3O2S. The van der Waals surface area contributed by atoms with Crippen LogP contribution < -0.4 is 11.1 Å². The van der Waals surface area contributed by atoms with Crippen LogP contribution in [0.1, 0.15) is 18.1 Å². The zero-order valence-electron chi connectivity index (χ0n) is 13.3. The van der Waals surface area contributed by atoms with Gasteiger partial charge >= 0.3 is 0 Å². The largest absolute Gasteiger partial charge is 0.506 e. The molecule has 0 radical (unpaired) electrons. The number of nitrogens with one attached hydrogen (secondary N) is 1. The molecule has 0 spiro atoms. The molecule has 0 aromatic heterocycles. The van der Waals surface area contributed by atoms with Crippen molar-refractivity contribution in [2.24, 2.45) is 4.99 Å². The van der Waals surface area contributed by atoms with E-state index in [2.05, 4.69) is 10.3 Å². The van der Waals surface area contributed by atoms with E-state index < -0.39 is 0 Å². The maximum Gasteiger partial charge on any atom is 0.264 e. The van der Waals surface area contributed by atoms with Crippen molar-refractivity contribution in [3.8, 4) is 5.75 Å². The Morgan fingerprint density at radius 1 is 1.21 bits per heavy atom. The second kappa shape index (κ2) is 6.41. The fourth-order valence-electron chi connectivity index (χ4n) is 2.37. The molecule has 2 aromatic rings. The Morgan fingerprint density at radius 2 is 1.92 bits per heavy atom. The van der Waals surface area contributed by atoms with E-state index in [4.69, 9.17) is 5.73 Å². The summed E-state index contributed by atoms with van der Waals surface area (Å²) in [4.78, 5) is 17.2. The number of thioether (sulfide) groups is 1. The van der Waals surface area contributed by atoms with Crippen LogP contribution in [0.25, 0.3) is 5.57 Å². The Morgan fingerprint density at radius 3 is 2.58 bits per heavy atom. The van der Waals surface area contributed by atoms with Gasteiger partial charge in [0.1, 0.15) is 11.4 Å². The lowest BCUT2D eigenvalue weighted by molar-refractivity contribution is -0.115. The summed E-state index contributed by atoms with van der Waals surface area (Å²) in [7, 11) is 0. The summed E-state index contributed by atoms with van der Waals surface area (Å²) in [5, 5.41) is 13.1. The molecule has 0 aliphatic carbocycles. The van der Waals surface area contributed by atoms with Gasteiger partial charge in [-0.05, 0) is 60.5 Å². The van der Waals surface area contributed by atoms with E-state index in [9.17, 15) is 9.90 Å². The number of nitrogens with zero attached hydrogens (tertiary/aromatic N) is 1. The molecule has 24 heavy (non-hydrogen) atoms. The Kier molecular flexibility index (Phi) is 4.31. The standard InChI is InChI=1S/C18H17N3O2S/c1-10-4-3-5-14(22)15(10)20-18-21-17(23)16(24-18)11(2)12-6-8-13(19)9-7-12/h3-9,22H,19H2,1-2H3,(H,20,21,23)/b16-11-. The molecule has 0 saturated carbocycles. The molecular weight excluding hydrogens is 322 g/mol. The Labute approximate surface area is 144 Å². The smallest absolute Gasteiger partial charge is 0.264 e. The molecule has 1 aliphatic heterocycles. The fraction of sp³-hybridized carbons (Fsp3) is 0.111. The topological polar surface area (TPSA) is 87.7 Å². The maximum absolute atomic E-state index is 12.3. The van der Waals surface area contributed by atoms with E-state index >= 15 is 0 Å². The number of allylic oxidation sites excluding steroid dienone is 1. The van der Waals surface area contributed by atoms with Crippen molar-refractivity contribution in [1.82, 2.24) is 5.32 Å². The summed E-state index contributed by atoms with van der Waals surface area (Å²) < 4.78 is 0. The van der Waals surface area contributed by atoms with Crippen molar-refractivity contribution >= 4 is 39.8 Å². The van der Waals surface area contributed by atoms with Gasteiger partial charge < -0.3 is 16.2 Å². The summed E-state index contributed by atoms with van der Waals surface area (Å²) in [5.41, 5.74) is 9.47. The van der Waals surface area contributed by atoms with Gasteiger partial charge in [0.05, 0.1) is 4.91 Å². The van der Waals surface area contributed by atoms with Crippen molar-refractivity contribution in [3.05, 3.63) is 58.5 Å². The summed E-state index contributed by atoms with van der Waals surface area (Å²) in [5.74, 6) is -0.105. The van der Waals surface area contributed by atoms with E-state index in [0.29, 0.717) is 21.4 Å². The van der Waals surface area contributed by atoms with Crippen LogP contribution in [-0.4, -0.2) is 16.2 Å². The number of phenolic OH excluding ortho intramolecular Hbond substituents is 1. The Balaban J connectivity index is 1.95. The number of para-hydroxylation sites is 1. The number of aryl methyl sites for hydroxylation is 1. The maximum atomic E-state index is 12.3. The highest BCUT2D eigenvalue weighted by molar-refractivity contribution is 8.18. The number of rotatable bonds is 2.